The van der Waals surface area contributed by atoms with Crippen LogP contribution in [0.15, 0.2) is 21.0 Å². The Balaban J connectivity index is 2.82. The van der Waals surface area contributed by atoms with Crippen molar-refractivity contribution in [1.29, 1.82) is 0 Å². The fourth-order valence-corrected chi connectivity index (χ4v) is 2.10. The molecule has 1 heterocycles. The number of aromatic carboxylic acids is 1. The van der Waals surface area contributed by atoms with Crippen molar-refractivity contribution in [2.45, 2.75) is 13.8 Å². The van der Waals surface area contributed by atoms with Crippen molar-refractivity contribution in [3.8, 4) is 0 Å². The van der Waals surface area contributed by atoms with Gasteiger partial charge < -0.3 is 9.52 Å². The van der Waals surface area contributed by atoms with Gasteiger partial charge in [-0.2, -0.15) is 0 Å². The number of carboxylic acids is 1. The first-order valence-corrected chi connectivity index (χ1v) is 5.22. The Hall–Kier alpha value is -1.29. The third kappa shape index (κ3) is 1.55. The van der Waals surface area contributed by atoms with Crippen molar-refractivity contribution in [1.82, 2.24) is 0 Å². The lowest BCUT2D eigenvalue weighted by molar-refractivity contribution is 0.0665. The fraction of sp³-hybridized carbons (Fsp3) is 0.182. The first-order valence-electron chi connectivity index (χ1n) is 4.43. The van der Waals surface area contributed by atoms with Crippen molar-refractivity contribution in [2.75, 3.05) is 0 Å². The summed E-state index contributed by atoms with van der Waals surface area (Å²) in [6.07, 6.45) is 0. The van der Waals surface area contributed by atoms with Gasteiger partial charge in [-0.25, -0.2) is 4.79 Å². The molecule has 0 bridgehead atoms. The molecule has 0 saturated carbocycles. The largest absolute Gasteiger partial charge is 0.475 e. The lowest BCUT2D eigenvalue weighted by Gasteiger charge is -2.02. The predicted molar refractivity (Wildman–Crippen MR) is 60.3 cm³/mol. The molecule has 15 heavy (non-hydrogen) atoms. The van der Waals surface area contributed by atoms with E-state index < -0.39 is 5.97 Å². The van der Waals surface area contributed by atoms with Gasteiger partial charge in [0, 0.05) is 5.39 Å². The van der Waals surface area contributed by atoms with Crippen LogP contribution in [0.5, 0.6) is 0 Å². The third-order valence-corrected chi connectivity index (χ3v) is 3.42. The van der Waals surface area contributed by atoms with Crippen molar-refractivity contribution >= 4 is 32.9 Å². The summed E-state index contributed by atoms with van der Waals surface area (Å²) in [5, 5.41) is 9.61. The highest BCUT2D eigenvalue weighted by atomic mass is 79.9. The highest BCUT2D eigenvalue weighted by molar-refractivity contribution is 9.10. The van der Waals surface area contributed by atoms with Gasteiger partial charge in [0.25, 0.3) is 0 Å². The molecule has 4 heteroatoms. The molecule has 1 aromatic heterocycles. The maximum atomic E-state index is 10.7. The smallest absolute Gasteiger partial charge is 0.371 e. The number of furan rings is 1. The van der Waals surface area contributed by atoms with Gasteiger partial charge in [-0.15, -0.1) is 0 Å². The Kier molecular flexibility index (Phi) is 2.31. The fourth-order valence-electron chi connectivity index (χ4n) is 1.47. The van der Waals surface area contributed by atoms with Crippen LogP contribution < -0.4 is 0 Å². The van der Waals surface area contributed by atoms with E-state index >= 15 is 0 Å². The molecule has 0 unspecified atom stereocenters. The molecule has 2 rings (SSSR count). The normalized spacial score (nSPS) is 10.9. The third-order valence-electron chi connectivity index (χ3n) is 2.46. The molecule has 0 atom stereocenters. The average molecular weight is 269 g/mol. The van der Waals surface area contributed by atoms with Gasteiger partial charge in [0.15, 0.2) is 0 Å². The number of carboxylic acid groups (broad SMARTS) is 1. The number of hydrogen-bond donors (Lipinski definition) is 1. The van der Waals surface area contributed by atoms with Crippen LogP contribution in [0, 0.1) is 13.8 Å². The van der Waals surface area contributed by atoms with Gasteiger partial charge in [-0.1, -0.05) is 0 Å². The van der Waals surface area contributed by atoms with Gasteiger partial charge in [0.05, 0.1) is 4.47 Å². The summed E-state index contributed by atoms with van der Waals surface area (Å²) in [6.45, 7) is 3.94. The minimum atomic E-state index is -1.05. The van der Waals surface area contributed by atoms with Gasteiger partial charge in [0.1, 0.15) is 5.58 Å². The monoisotopic (exact) mass is 268 g/mol. The molecule has 0 saturated heterocycles. The predicted octanol–water partition coefficient (Wildman–Crippen LogP) is 3.51. The highest BCUT2D eigenvalue weighted by Gasteiger charge is 2.14. The summed E-state index contributed by atoms with van der Waals surface area (Å²) in [4.78, 5) is 10.7. The van der Waals surface area contributed by atoms with Crippen LogP contribution in [-0.2, 0) is 0 Å². The number of carbonyl (C=O) groups is 1. The van der Waals surface area contributed by atoms with E-state index in [4.69, 9.17) is 9.52 Å². The lowest BCUT2D eigenvalue weighted by atomic mass is 10.1. The lowest BCUT2D eigenvalue weighted by Crippen LogP contribution is -1.91. The van der Waals surface area contributed by atoms with Crippen LogP contribution in [0.1, 0.15) is 21.7 Å². The summed E-state index contributed by atoms with van der Waals surface area (Å²) in [7, 11) is 0. The van der Waals surface area contributed by atoms with Crippen LogP contribution >= 0.6 is 15.9 Å². The number of fused-ring (bicyclic) bond motifs is 1. The zero-order valence-electron chi connectivity index (χ0n) is 8.30. The van der Waals surface area contributed by atoms with Gasteiger partial charge in [0.2, 0.25) is 5.76 Å². The van der Waals surface area contributed by atoms with Gasteiger partial charge in [-0.05, 0) is 53.0 Å². The maximum Gasteiger partial charge on any atom is 0.371 e. The molecule has 0 aliphatic rings. The van der Waals surface area contributed by atoms with Gasteiger partial charge in [-0.3, -0.25) is 0 Å². The molecule has 0 amide bonds. The summed E-state index contributed by atoms with van der Waals surface area (Å²) < 4.78 is 6.07. The van der Waals surface area contributed by atoms with Crippen LogP contribution in [0.25, 0.3) is 11.0 Å². The Morgan fingerprint density at radius 1 is 1.40 bits per heavy atom. The number of rotatable bonds is 1. The molecule has 3 nitrogen and oxygen atoms in total. The van der Waals surface area contributed by atoms with Crippen LogP contribution in [0.4, 0.5) is 0 Å². The molecule has 0 aliphatic heterocycles. The van der Waals surface area contributed by atoms with E-state index in [1.165, 1.54) is 6.07 Å². The molecule has 0 fully saturated rings. The molecule has 2 aromatic rings. The Morgan fingerprint density at radius 2 is 2.07 bits per heavy atom. The number of aryl methyl sites for hydroxylation is 1. The van der Waals surface area contributed by atoms with Crippen molar-refractivity contribution < 1.29 is 14.3 Å². The Bertz CT molecular complexity index is 554. The van der Waals surface area contributed by atoms with E-state index in [0.29, 0.717) is 5.58 Å². The summed E-state index contributed by atoms with van der Waals surface area (Å²) >= 11 is 3.41. The summed E-state index contributed by atoms with van der Waals surface area (Å²) in [6, 6.07) is 3.46. The second-order valence-corrected chi connectivity index (χ2v) is 4.26. The second kappa shape index (κ2) is 3.38. The van der Waals surface area contributed by atoms with E-state index in [1.54, 1.807) is 0 Å². The second-order valence-electron chi connectivity index (χ2n) is 3.47. The Morgan fingerprint density at radius 3 is 2.67 bits per heavy atom. The van der Waals surface area contributed by atoms with E-state index in [1.807, 2.05) is 19.9 Å². The molecule has 0 aliphatic carbocycles. The first kappa shape index (κ1) is 10.2. The van der Waals surface area contributed by atoms with E-state index in [-0.39, 0.29) is 5.76 Å². The van der Waals surface area contributed by atoms with E-state index in [9.17, 15) is 4.79 Å². The minimum Gasteiger partial charge on any atom is -0.475 e. The van der Waals surface area contributed by atoms with E-state index in [2.05, 4.69) is 15.9 Å². The SMILES string of the molecule is Cc1cc2cc(C(=O)O)oc2c(Br)c1C. The first-order chi connectivity index (χ1) is 7.00. The van der Waals surface area contributed by atoms with Crippen LogP contribution in [0.3, 0.4) is 0 Å². The van der Waals surface area contributed by atoms with E-state index in [0.717, 1.165) is 21.0 Å². The molecule has 0 radical (unpaired) electrons. The summed E-state index contributed by atoms with van der Waals surface area (Å²) in [5.74, 6) is -1.08. The quantitative estimate of drug-likeness (QED) is 0.861. The molecule has 0 spiro atoms. The molecular weight excluding hydrogens is 260 g/mol. The minimum absolute atomic E-state index is 0.0318. The zero-order chi connectivity index (χ0) is 11.2. The zero-order valence-corrected chi connectivity index (χ0v) is 9.88. The van der Waals surface area contributed by atoms with Gasteiger partial charge >= 0.3 is 5.97 Å². The van der Waals surface area contributed by atoms with Crippen molar-refractivity contribution in [2.24, 2.45) is 0 Å². The van der Waals surface area contributed by atoms with Crippen molar-refractivity contribution in [3.63, 3.8) is 0 Å². The highest BCUT2D eigenvalue weighted by Crippen LogP contribution is 2.32. The molecule has 1 aromatic carbocycles. The van der Waals surface area contributed by atoms with Crippen LogP contribution in [-0.4, -0.2) is 11.1 Å². The Labute approximate surface area is 94.8 Å². The maximum absolute atomic E-state index is 10.7. The number of halogens is 1. The summed E-state index contributed by atoms with van der Waals surface area (Å²) in [5.41, 5.74) is 2.76. The number of benzene rings is 1. The standard InChI is InChI=1S/C11H9BrO3/c1-5-3-7-4-8(11(13)14)15-10(7)9(12)6(5)2/h3-4H,1-2H3,(H,13,14). The molecular formula is C11H9BrO3. The number of hydrogen-bond acceptors (Lipinski definition) is 2. The molecule has 78 valence electrons. The molecule has 1 N–H and O–H groups in total. The van der Waals surface area contributed by atoms with Crippen LogP contribution in [0.2, 0.25) is 0 Å². The van der Waals surface area contributed by atoms with Crippen molar-refractivity contribution in [3.05, 3.63) is 33.5 Å². The topological polar surface area (TPSA) is 50.4 Å². The average Bonchev–Trinajstić information content (AvgIpc) is 2.58.